The van der Waals surface area contributed by atoms with Crippen LogP contribution < -0.4 is 15.5 Å². The van der Waals surface area contributed by atoms with Crippen molar-refractivity contribution in [2.24, 2.45) is 0 Å². The van der Waals surface area contributed by atoms with Crippen molar-refractivity contribution in [2.45, 2.75) is 6.42 Å². The van der Waals surface area contributed by atoms with Crippen LogP contribution in [0.15, 0.2) is 12.4 Å². The number of methoxy groups -OCH3 is 1. The molecule has 0 unspecified atom stereocenters. The second-order valence-electron chi connectivity index (χ2n) is 6.61. The molecule has 1 saturated heterocycles. The number of nitrogens with zero attached hydrogens (tertiary/aromatic N) is 6. The molecule has 4 rings (SSSR count). The summed E-state index contributed by atoms with van der Waals surface area (Å²) in [7, 11) is 1.56. The number of nitrogens with two attached hydrogens (primary N) is 1. The maximum Gasteiger partial charge on any atom is 0.415 e. The van der Waals surface area contributed by atoms with Gasteiger partial charge >= 0.3 is 6.09 Å². The topological polar surface area (TPSA) is 129 Å². The van der Waals surface area contributed by atoms with Crippen molar-refractivity contribution >= 4 is 23.8 Å². The van der Waals surface area contributed by atoms with Gasteiger partial charge in [-0.25, -0.2) is 19.7 Å². The van der Waals surface area contributed by atoms with Crippen LogP contribution in [0.1, 0.15) is 5.56 Å². The second kappa shape index (κ2) is 8.53. The Labute approximate surface area is 167 Å². The summed E-state index contributed by atoms with van der Waals surface area (Å²) < 4.78 is 15.7. The minimum Gasteiger partial charge on any atom is -0.447 e. The van der Waals surface area contributed by atoms with Crippen LogP contribution in [0.5, 0.6) is 0 Å². The Morgan fingerprint density at radius 1 is 1.17 bits per heavy atom. The lowest BCUT2D eigenvalue weighted by atomic mass is 10.1. The summed E-state index contributed by atoms with van der Waals surface area (Å²) in [6.45, 7) is 3.53. The molecule has 0 atom stereocenters. The molecule has 4 heterocycles. The Balaban J connectivity index is 1.72. The monoisotopic (exact) mass is 401 g/mol. The summed E-state index contributed by atoms with van der Waals surface area (Å²) in [6.07, 6.45) is 3.42. The third kappa shape index (κ3) is 4.05. The van der Waals surface area contributed by atoms with Gasteiger partial charge in [0.2, 0.25) is 11.9 Å². The van der Waals surface area contributed by atoms with Crippen LogP contribution in [0.2, 0.25) is 0 Å². The van der Waals surface area contributed by atoms with Crippen molar-refractivity contribution in [1.29, 1.82) is 0 Å². The van der Waals surface area contributed by atoms with Gasteiger partial charge < -0.3 is 24.8 Å². The van der Waals surface area contributed by atoms with Crippen molar-refractivity contribution in [2.75, 3.05) is 68.7 Å². The highest BCUT2D eigenvalue weighted by Gasteiger charge is 2.32. The SMILES string of the molecule is COCCOC(=O)N1CCc2c(-c3cnc(N)nc3)nc(N3CCOCC3)nc21. The molecule has 2 aliphatic rings. The highest BCUT2D eigenvalue weighted by atomic mass is 16.6. The van der Waals surface area contributed by atoms with Crippen molar-refractivity contribution in [1.82, 2.24) is 19.9 Å². The molecule has 11 heteroatoms. The molecule has 154 valence electrons. The van der Waals surface area contributed by atoms with E-state index in [0.717, 1.165) is 11.1 Å². The number of carbonyl (C=O) groups excluding carboxylic acids is 1. The lowest BCUT2D eigenvalue weighted by Gasteiger charge is -2.28. The van der Waals surface area contributed by atoms with Crippen LogP contribution in [0.3, 0.4) is 0 Å². The molecule has 2 aromatic heterocycles. The Kier molecular flexibility index (Phi) is 5.67. The lowest BCUT2D eigenvalue weighted by molar-refractivity contribution is 0.103. The van der Waals surface area contributed by atoms with E-state index in [1.807, 2.05) is 4.90 Å². The highest BCUT2D eigenvalue weighted by Crippen LogP contribution is 2.35. The van der Waals surface area contributed by atoms with E-state index in [9.17, 15) is 4.79 Å². The van der Waals surface area contributed by atoms with Crippen molar-refractivity contribution in [3.63, 3.8) is 0 Å². The first kappa shape index (κ1) is 19.3. The summed E-state index contributed by atoms with van der Waals surface area (Å²) in [5, 5.41) is 0. The minimum atomic E-state index is -0.452. The molecule has 0 spiro atoms. The fraction of sp³-hybridized carbons (Fsp3) is 0.500. The van der Waals surface area contributed by atoms with Gasteiger partial charge in [0, 0.05) is 50.3 Å². The van der Waals surface area contributed by atoms with Gasteiger partial charge in [-0.15, -0.1) is 0 Å². The van der Waals surface area contributed by atoms with Gasteiger partial charge in [0.15, 0.2) is 0 Å². The number of carbonyl (C=O) groups is 1. The maximum atomic E-state index is 12.6. The first-order valence-corrected chi connectivity index (χ1v) is 9.42. The molecular weight excluding hydrogens is 378 g/mol. The van der Waals surface area contributed by atoms with Gasteiger partial charge in [0.25, 0.3) is 0 Å². The van der Waals surface area contributed by atoms with Crippen LogP contribution in [0.4, 0.5) is 22.5 Å². The van der Waals surface area contributed by atoms with Crippen LogP contribution in [-0.4, -0.2) is 79.2 Å². The van der Waals surface area contributed by atoms with Gasteiger partial charge in [0.05, 0.1) is 25.5 Å². The quantitative estimate of drug-likeness (QED) is 0.707. The molecule has 11 nitrogen and oxygen atoms in total. The number of amides is 1. The largest absolute Gasteiger partial charge is 0.447 e. The fourth-order valence-corrected chi connectivity index (χ4v) is 3.32. The van der Waals surface area contributed by atoms with E-state index in [4.69, 9.17) is 29.9 Å². The first-order chi connectivity index (χ1) is 14.2. The smallest absolute Gasteiger partial charge is 0.415 e. The van der Waals surface area contributed by atoms with Crippen LogP contribution in [-0.2, 0) is 20.6 Å². The van der Waals surface area contributed by atoms with Gasteiger partial charge in [-0.2, -0.15) is 4.98 Å². The van der Waals surface area contributed by atoms with E-state index >= 15 is 0 Å². The summed E-state index contributed by atoms with van der Waals surface area (Å²) in [5.74, 6) is 1.28. The molecule has 0 aromatic carbocycles. The Bertz CT molecular complexity index is 871. The lowest BCUT2D eigenvalue weighted by Crippen LogP contribution is -2.38. The van der Waals surface area contributed by atoms with E-state index in [0.29, 0.717) is 63.3 Å². The average Bonchev–Trinajstić information content (AvgIpc) is 3.18. The standard InChI is InChI=1S/C18H23N7O4/c1-27-8-9-29-18(26)25-3-2-13-14(12-10-20-16(19)21-11-12)22-17(23-15(13)25)24-4-6-28-7-5-24/h10-11H,2-9H2,1H3,(H2,19,20,21). The molecule has 2 N–H and O–H groups in total. The van der Waals surface area contributed by atoms with E-state index in [2.05, 4.69) is 9.97 Å². The van der Waals surface area contributed by atoms with Crippen molar-refractivity contribution in [3.05, 3.63) is 18.0 Å². The molecule has 0 bridgehead atoms. The summed E-state index contributed by atoms with van der Waals surface area (Å²) in [6, 6.07) is 0. The maximum absolute atomic E-state index is 12.6. The molecular formula is C18H23N7O4. The molecule has 2 aromatic rings. The van der Waals surface area contributed by atoms with E-state index < -0.39 is 6.09 Å². The zero-order valence-electron chi connectivity index (χ0n) is 16.2. The van der Waals surface area contributed by atoms with E-state index in [1.54, 1.807) is 19.5 Å². The molecule has 0 radical (unpaired) electrons. The number of ether oxygens (including phenoxy) is 3. The zero-order valence-corrected chi connectivity index (χ0v) is 16.2. The highest BCUT2D eigenvalue weighted by molar-refractivity contribution is 5.91. The number of hydrogen-bond acceptors (Lipinski definition) is 10. The molecule has 1 amide bonds. The van der Waals surface area contributed by atoms with Crippen LogP contribution in [0, 0.1) is 0 Å². The number of morpholine rings is 1. The summed E-state index contributed by atoms with van der Waals surface area (Å²) >= 11 is 0. The number of nitrogen functional groups attached to an aromatic ring is 1. The van der Waals surface area contributed by atoms with E-state index in [-0.39, 0.29) is 12.6 Å². The first-order valence-electron chi connectivity index (χ1n) is 9.42. The molecule has 0 aliphatic carbocycles. The van der Waals surface area contributed by atoms with Gasteiger partial charge in [-0.05, 0) is 6.42 Å². The summed E-state index contributed by atoms with van der Waals surface area (Å²) in [5.41, 5.74) is 7.91. The zero-order chi connectivity index (χ0) is 20.2. The van der Waals surface area contributed by atoms with Gasteiger partial charge in [-0.3, -0.25) is 4.90 Å². The molecule has 1 fully saturated rings. The second-order valence-corrected chi connectivity index (χ2v) is 6.61. The normalized spacial score (nSPS) is 16.0. The minimum absolute atomic E-state index is 0.182. The van der Waals surface area contributed by atoms with Crippen molar-refractivity contribution < 1.29 is 19.0 Å². The molecule has 29 heavy (non-hydrogen) atoms. The predicted octanol–water partition coefficient (Wildman–Crippen LogP) is 0.498. The van der Waals surface area contributed by atoms with Gasteiger partial charge in [-0.1, -0.05) is 0 Å². The van der Waals surface area contributed by atoms with Crippen LogP contribution in [0.25, 0.3) is 11.3 Å². The average molecular weight is 401 g/mol. The number of hydrogen-bond donors (Lipinski definition) is 1. The third-order valence-electron chi connectivity index (χ3n) is 4.79. The molecule has 0 saturated carbocycles. The Hall–Kier alpha value is -3.05. The number of rotatable bonds is 5. The summed E-state index contributed by atoms with van der Waals surface area (Å²) in [4.78, 5) is 33.8. The van der Waals surface area contributed by atoms with E-state index in [1.165, 1.54) is 4.90 Å². The van der Waals surface area contributed by atoms with Crippen molar-refractivity contribution in [3.8, 4) is 11.3 Å². The number of aromatic nitrogens is 4. The van der Waals surface area contributed by atoms with Gasteiger partial charge in [0.1, 0.15) is 12.4 Å². The number of fused-ring (bicyclic) bond motifs is 1. The Morgan fingerprint density at radius 2 is 1.93 bits per heavy atom. The fourth-order valence-electron chi connectivity index (χ4n) is 3.32. The third-order valence-corrected chi connectivity index (χ3v) is 4.79. The molecule has 2 aliphatic heterocycles. The van der Waals surface area contributed by atoms with Crippen LogP contribution >= 0.6 is 0 Å². The Morgan fingerprint density at radius 3 is 2.66 bits per heavy atom. The number of anilines is 3. The predicted molar refractivity (Wildman–Crippen MR) is 105 cm³/mol.